The lowest BCUT2D eigenvalue weighted by Gasteiger charge is -2.16. The summed E-state index contributed by atoms with van der Waals surface area (Å²) in [6.45, 7) is 0.0329. The van der Waals surface area contributed by atoms with Gasteiger partial charge in [0, 0.05) is 23.5 Å². The Hall–Kier alpha value is -1.97. The molecular weight excluding hydrogens is 398 g/mol. The van der Waals surface area contributed by atoms with E-state index in [1.54, 1.807) is 24.3 Å². The first-order valence-corrected chi connectivity index (χ1v) is 9.44. The van der Waals surface area contributed by atoms with Gasteiger partial charge in [-0.15, -0.1) is 0 Å². The SMILES string of the molecule is NS(=O)(=O)C1CC(=O)N(c2ccc(Oc3cccc(Br)c3)nc2)C1. The summed E-state index contributed by atoms with van der Waals surface area (Å²) < 4.78 is 29.3. The van der Waals surface area contributed by atoms with E-state index in [9.17, 15) is 13.2 Å². The van der Waals surface area contributed by atoms with Crippen LogP contribution in [0.25, 0.3) is 0 Å². The van der Waals surface area contributed by atoms with Crippen molar-refractivity contribution in [1.82, 2.24) is 4.98 Å². The maximum absolute atomic E-state index is 12.0. The molecule has 2 heterocycles. The van der Waals surface area contributed by atoms with Crippen LogP contribution in [0.3, 0.4) is 0 Å². The third kappa shape index (κ3) is 3.74. The molecule has 9 heteroatoms. The fourth-order valence-electron chi connectivity index (χ4n) is 2.39. The molecule has 2 aromatic rings. The van der Waals surface area contributed by atoms with Crippen molar-refractivity contribution in [1.29, 1.82) is 0 Å². The molecule has 0 spiro atoms. The van der Waals surface area contributed by atoms with Crippen LogP contribution in [0.15, 0.2) is 47.1 Å². The fourth-order valence-corrected chi connectivity index (χ4v) is 3.50. The first-order valence-electron chi connectivity index (χ1n) is 7.04. The summed E-state index contributed by atoms with van der Waals surface area (Å²) in [6.07, 6.45) is 1.35. The molecule has 1 aliphatic heterocycles. The standard InChI is InChI=1S/C15H14BrN3O4S/c16-10-2-1-3-12(6-10)23-14-5-4-11(8-18-14)19-9-13(7-15(19)20)24(17,21)22/h1-6,8,13H,7,9H2,(H2,17,21,22). The number of benzene rings is 1. The topological polar surface area (TPSA) is 103 Å². The highest BCUT2D eigenvalue weighted by Crippen LogP contribution is 2.27. The van der Waals surface area contributed by atoms with E-state index >= 15 is 0 Å². The van der Waals surface area contributed by atoms with Crippen LogP contribution in [-0.2, 0) is 14.8 Å². The summed E-state index contributed by atoms with van der Waals surface area (Å²) in [6, 6.07) is 10.6. The van der Waals surface area contributed by atoms with Gasteiger partial charge in [-0.25, -0.2) is 18.5 Å². The summed E-state index contributed by atoms with van der Waals surface area (Å²) in [5.41, 5.74) is 0.507. The molecule has 0 aliphatic carbocycles. The molecule has 0 radical (unpaired) electrons. The van der Waals surface area contributed by atoms with E-state index in [-0.39, 0.29) is 18.9 Å². The van der Waals surface area contributed by atoms with E-state index in [0.29, 0.717) is 17.3 Å². The lowest BCUT2D eigenvalue weighted by atomic mass is 10.3. The van der Waals surface area contributed by atoms with Gasteiger partial charge in [-0.3, -0.25) is 4.79 Å². The number of hydrogen-bond donors (Lipinski definition) is 1. The van der Waals surface area contributed by atoms with E-state index in [4.69, 9.17) is 9.88 Å². The van der Waals surface area contributed by atoms with Gasteiger partial charge in [0.15, 0.2) is 0 Å². The molecule has 1 amide bonds. The number of sulfonamides is 1. The summed E-state index contributed by atoms with van der Waals surface area (Å²) in [5.74, 6) is 0.694. The second-order valence-corrected chi connectivity index (χ2v) is 8.09. The zero-order chi connectivity index (χ0) is 17.3. The monoisotopic (exact) mass is 411 g/mol. The third-order valence-corrected chi connectivity index (χ3v) is 5.34. The quantitative estimate of drug-likeness (QED) is 0.828. The average molecular weight is 412 g/mol. The molecule has 126 valence electrons. The molecule has 1 fully saturated rings. The number of halogens is 1. The summed E-state index contributed by atoms with van der Waals surface area (Å²) >= 11 is 3.36. The van der Waals surface area contributed by atoms with E-state index in [0.717, 1.165) is 4.47 Å². The van der Waals surface area contributed by atoms with Crippen LogP contribution in [0.4, 0.5) is 5.69 Å². The van der Waals surface area contributed by atoms with Crippen LogP contribution in [0.1, 0.15) is 6.42 Å². The van der Waals surface area contributed by atoms with Crippen LogP contribution >= 0.6 is 15.9 Å². The van der Waals surface area contributed by atoms with E-state index < -0.39 is 15.3 Å². The van der Waals surface area contributed by atoms with E-state index in [1.807, 2.05) is 12.1 Å². The Morgan fingerprint density at radius 2 is 2.08 bits per heavy atom. The van der Waals surface area contributed by atoms with Crippen LogP contribution in [0.5, 0.6) is 11.6 Å². The fraction of sp³-hybridized carbons (Fsp3) is 0.200. The van der Waals surface area contributed by atoms with Gasteiger partial charge in [0.05, 0.1) is 11.9 Å². The van der Waals surface area contributed by atoms with Crippen molar-refractivity contribution in [3.05, 3.63) is 47.1 Å². The van der Waals surface area contributed by atoms with Crippen molar-refractivity contribution < 1.29 is 17.9 Å². The van der Waals surface area contributed by atoms with Gasteiger partial charge < -0.3 is 9.64 Å². The molecule has 1 unspecified atom stereocenters. The smallest absolute Gasteiger partial charge is 0.228 e. The van der Waals surface area contributed by atoms with Crippen molar-refractivity contribution >= 4 is 37.5 Å². The molecule has 0 bridgehead atoms. The zero-order valence-corrected chi connectivity index (χ0v) is 14.8. The number of rotatable bonds is 4. The van der Waals surface area contributed by atoms with Crippen LogP contribution < -0.4 is 14.8 Å². The minimum absolute atomic E-state index is 0.0329. The molecular formula is C15H14BrN3O4S. The Labute approximate surface area is 147 Å². The first-order chi connectivity index (χ1) is 11.3. The number of ether oxygens (including phenoxy) is 1. The Balaban J connectivity index is 1.74. The van der Waals surface area contributed by atoms with Gasteiger partial charge in [-0.2, -0.15) is 0 Å². The van der Waals surface area contributed by atoms with Gasteiger partial charge in [0.25, 0.3) is 0 Å². The molecule has 1 aromatic carbocycles. The number of aromatic nitrogens is 1. The van der Waals surface area contributed by atoms with Crippen molar-refractivity contribution in [2.75, 3.05) is 11.4 Å². The predicted octanol–water partition coefficient (Wildman–Crippen LogP) is 2.03. The van der Waals surface area contributed by atoms with Crippen molar-refractivity contribution in [3.63, 3.8) is 0 Å². The first kappa shape index (κ1) is 16.9. The normalized spacial score (nSPS) is 18.0. The highest BCUT2D eigenvalue weighted by atomic mass is 79.9. The zero-order valence-electron chi connectivity index (χ0n) is 12.4. The molecule has 24 heavy (non-hydrogen) atoms. The van der Waals surface area contributed by atoms with Crippen LogP contribution in [-0.4, -0.2) is 31.1 Å². The van der Waals surface area contributed by atoms with Crippen molar-refractivity contribution in [3.8, 4) is 11.6 Å². The molecule has 1 saturated heterocycles. The number of nitrogens with zero attached hydrogens (tertiary/aromatic N) is 2. The number of carbonyl (C=O) groups is 1. The maximum atomic E-state index is 12.0. The molecule has 1 aliphatic rings. The number of anilines is 1. The largest absolute Gasteiger partial charge is 0.439 e. The van der Waals surface area contributed by atoms with Crippen LogP contribution in [0.2, 0.25) is 0 Å². The lowest BCUT2D eigenvalue weighted by Crippen LogP contribution is -2.32. The number of amides is 1. The minimum Gasteiger partial charge on any atom is -0.439 e. The highest BCUT2D eigenvalue weighted by Gasteiger charge is 2.37. The Morgan fingerprint density at radius 1 is 1.29 bits per heavy atom. The van der Waals surface area contributed by atoms with Crippen LogP contribution in [0, 0.1) is 0 Å². The highest BCUT2D eigenvalue weighted by molar-refractivity contribution is 9.10. The molecule has 1 atom stereocenters. The van der Waals surface area contributed by atoms with Gasteiger partial charge in [0.1, 0.15) is 11.0 Å². The van der Waals surface area contributed by atoms with Gasteiger partial charge in [0.2, 0.25) is 21.8 Å². The molecule has 1 aromatic heterocycles. The van der Waals surface area contributed by atoms with Crippen molar-refractivity contribution in [2.45, 2.75) is 11.7 Å². The Morgan fingerprint density at radius 3 is 2.67 bits per heavy atom. The maximum Gasteiger partial charge on any atom is 0.228 e. The number of pyridine rings is 1. The lowest BCUT2D eigenvalue weighted by molar-refractivity contribution is -0.117. The van der Waals surface area contributed by atoms with Crippen molar-refractivity contribution in [2.24, 2.45) is 5.14 Å². The number of nitrogens with two attached hydrogens (primary N) is 1. The molecule has 0 saturated carbocycles. The Bertz CT molecular complexity index is 871. The van der Waals surface area contributed by atoms with Gasteiger partial charge >= 0.3 is 0 Å². The summed E-state index contributed by atoms with van der Waals surface area (Å²) in [7, 11) is -3.74. The second kappa shape index (κ2) is 6.50. The Kier molecular flexibility index (Phi) is 4.57. The third-order valence-electron chi connectivity index (χ3n) is 3.61. The van der Waals surface area contributed by atoms with Gasteiger partial charge in [-0.1, -0.05) is 22.0 Å². The predicted molar refractivity (Wildman–Crippen MR) is 92.3 cm³/mol. The summed E-state index contributed by atoms with van der Waals surface area (Å²) in [4.78, 5) is 17.5. The molecule has 7 nitrogen and oxygen atoms in total. The average Bonchev–Trinajstić information content (AvgIpc) is 2.90. The van der Waals surface area contributed by atoms with Gasteiger partial charge in [-0.05, 0) is 24.3 Å². The van der Waals surface area contributed by atoms with E-state index in [1.165, 1.54) is 11.1 Å². The number of carbonyl (C=O) groups excluding carboxylic acids is 1. The molecule has 3 rings (SSSR count). The second-order valence-electron chi connectivity index (χ2n) is 5.33. The molecule has 2 N–H and O–H groups in total. The summed E-state index contributed by atoms with van der Waals surface area (Å²) in [5, 5.41) is 4.23. The van der Waals surface area contributed by atoms with E-state index in [2.05, 4.69) is 20.9 Å². The number of hydrogen-bond acceptors (Lipinski definition) is 5. The number of primary sulfonamides is 1. The minimum atomic E-state index is -3.74.